The smallest absolute Gasteiger partial charge is 0.125 e. The second-order valence-corrected chi connectivity index (χ2v) is 9.48. The molecule has 2 aromatic rings. The molecule has 0 saturated carbocycles. The largest absolute Gasteiger partial charge is 0.396 e. The minimum Gasteiger partial charge on any atom is -0.396 e. The Bertz CT molecular complexity index is 657. The average Bonchev–Trinajstić information content (AvgIpc) is 2.95. The molecule has 3 heteroatoms. The predicted molar refractivity (Wildman–Crippen MR) is 96.0 cm³/mol. The highest BCUT2D eigenvalue weighted by molar-refractivity contribution is 7.69. The summed E-state index contributed by atoms with van der Waals surface area (Å²) in [4.78, 5) is 0. The summed E-state index contributed by atoms with van der Waals surface area (Å²) in [5.41, 5.74) is 2.31. The molecular formula is C20H23O2P. The van der Waals surface area contributed by atoms with E-state index in [9.17, 15) is 9.67 Å². The van der Waals surface area contributed by atoms with Crippen LogP contribution in [0.2, 0.25) is 0 Å². The van der Waals surface area contributed by atoms with Gasteiger partial charge in [0.15, 0.2) is 0 Å². The van der Waals surface area contributed by atoms with Gasteiger partial charge in [-0.2, -0.15) is 0 Å². The zero-order valence-corrected chi connectivity index (χ0v) is 14.2. The first-order valence-corrected chi connectivity index (χ1v) is 10.0. The number of hydrogen-bond acceptors (Lipinski definition) is 2. The molecule has 1 aliphatic heterocycles. The molecule has 2 aromatic carbocycles. The summed E-state index contributed by atoms with van der Waals surface area (Å²) < 4.78 is 14.2. The molecule has 1 fully saturated rings. The van der Waals surface area contributed by atoms with Gasteiger partial charge in [0.05, 0.1) is 0 Å². The number of aliphatic hydroxyl groups is 1. The second-order valence-electron chi connectivity index (χ2n) is 6.18. The van der Waals surface area contributed by atoms with Gasteiger partial charge in [0.25, 0.3) is 0 Å². The highest BCUT2D eigenvalue weighted by atomic mass is 31.2. The van der Waals surface area contributed by atoms with Gasteiger partial charge in [0, 0.05) is 17.9 Å². The standard InChI is InChI=1S/C20H23O2P/c1-16(14-15-21)23(22)19(17-8-4-2-5-9-17)12-13-20(23)18-10-6-3-7-11-18/h2-11,19-21H,1,12-15H2/t19-,20-/m1/s1. The molecule has 23 heavy (non-hydrogen) atoms. The lowest BCUT2D eigenvalue weighted by Gasteiger charge is -2.28. The molecule has 0 unspecified atom stereocenters. The van der Waals surface area contributed by atoms with Crippen molar-refractivity contribution in [1.29, 1.82) is 0 Å². The third-order valence-corrected chi connectivity index (χ3v) is 9.08. The van der Waals surface area contributed by atoms with E-state index >= 15 is 0 Å². The van der Waals surface area contributed by atoms with Crippen molar-refractivity contribution in [2.45, 2.75) is 30.6 Å². The van der Waals surface area contributed by atoms with E-state index in [1.54, 1.807) is 0 Å². The summed E-state index contributed by atoms with van der Waals surface area (Å²) in [6.07, 6.45) is 2.24. The summed E-state index contributed by atoms with van der Waals surface area (Å²) in [6, 6.07) is 20.3. The van der Waals surface area contributed by atoms with Gasteiger partial charge in [-0.05, 0) is 35.7 Å². The van der Waals surface area contributed by atoms with Crippen molar-refractivity contribution in [3.63, 3.8) is 0 Å². The molecule has 0 radical (unpaired) electrons. The molecule has 0 spiro atoms. The van der Waals surface area contributed by atoms with Gasteiger partial charge < -0.3 is 9.67 Å². The zero-order valence-electron chi connectivity index (χ0n) is 13.3. The third-order valence-electron chi connectivity index (χ3n) is 4.90. The van der Waals surface area contributed by atoms with E-state index in [-0.39, 0.29) is 17.9 Å². The molecule has 1 heterocycles. The molecule has 0 aromatic heterocycles. The SMILES string of the molecule is C=C(CCO)P1(=O)[C@@H](c2ccccc2)CC[C@@H]1c1ccccc1. The first kappa shape index (κ1) is 16.2. The van der Waals surface area contributed by atoms with Crippen LogP contribution in [0.15, 0.2) is 72.6 Å². The van der Waals surface area contributed by atoms with Crippen molar-refractivity contribution in [3.8, 4) is 0 Å². The molecule has 3 rings (SSSR count). The van der Waals surface area contributed by atoms with Gasteiger partial charge in [0.2, 0.25) is 0 Å². The summed E-state index contributed by atoms with van der Waals surface area (Å²) in [6.45, 7) is 4.13. The molecule has 2 nitrogen and oxygen atoms in total. The van der Waals surface area contributed by atoms with Crippen LogP contribution < -0.4 is 0 Å². The van der Waals surface area contributed by atoms with Crippen LogP contribution in [0.5, 0.6) is 0 Å². The van der Waals surface area contributed by atoms with Crippen LogP contribution in [0.4, 0.5) is 0 Å². The first-order chi connectivity index (χ1) is 11.2. The van der Waals surface area contributed by atoms with Crippen LogP contribution in [0.3, 0.4) is 0 Å². The molecular weight excluding hydrogens is 303 g/mol. The van der Waals surface area contributed by atoms with Crippen LogP contribution in [-0.2, 0) is 4.57 Å². The fourth-order valence-corrected chi connectivity index (χ4v) is 7.85. The molecule has 1 N–H and O–H groups in total. The topological polar surface area (TPSA) is 37.3 Å². The van der Waals surface area contributed by atoms with E-state index < -0.39 is 7.14 Å². The third kappa shape index (κ3) is 2.94. The molecule has 2 atom stereocenters. The quantitative estimate of drug-likeness (QED) is 0.734. The van der Waals surface area contributed by atoms with Crippen molar-refractivity contribution < 1.29 is 9.67 Å². The molecule has 1 aliphatic rings. The van der Waals surface area contributed by atoms with E-state index in [4.69, 9.17) is 0 Å². The van der Waals surface area contributed by atoms with Crippen molar-refractivity contribution in [2.24, 2.45) is 0 Å². The number of hydrogen-bond donors (Lipinski definition) is 1. The van der Waals surface area contributed by atoms with Gasteiger partial charge in [-0.1, -0.05) is 67.2 Å². The summed E-state index contributed by atoms with van der Waals surface area (Å²) >= 11 is 0. The predicted octanol–water partition coefficient (Wildman–Crippen LogP) is 5.52. The highest BCUT2D eigenvalue weighted by Crippen LogP contribution is 2.80. The summed E-state index contributed by atoms with van der Waals surface area (Å²) in [5, 5.41) is 10.1. The van der Waals surface area contributed by atoms with E-state index in [2.05, 4.69) is 30.8 Å². The van der Waals surface area contributed by atoms with E-state index in [1.165, 1.54) is 0 Å². The van der Waals surface area contributed by atoms with Crippen LogP contribution in [0.25, 0.3) is 0 Å². The molecule has 0 amide bonds. The van der Waals surface area contributed by atoms with Gasteiger partial charge in [0.1, 0.15) is 7.14 Å². The lowest BCUT2D eigenvalue weighted by Crippen LogP contribution is -2.02. The minimum absolute atomic E-state index is 0.00580. The van der Waals surface area contributed by atoms with Crippen LogP contribution in [-0.4, -0.2) is 11.7 Å². The Kier molecular flexibility index (Phi) is 4.84. The van der Waals surface area contributed by atoms with Crippen molar-refractivity contribution in [3.05, 3.63) is 83.7 Å². The molecule has 0 aliphatic carbocycles. The Balaban J connectivity index is 2.05. The Morgan fingerprint density at radius 3 is 1.78 bits per heavy atom. The highest BCUT2D eigenvalue weighted by Gasteiger charge is 2.48. The van der Waals surface area contributed by atoms with Crippen LogP contribution in [0.1, 0.15) is 41.7 Å². The van der Waals surface area contributed by atoms with Crippen LogP contribution in [0, 0.1) is 0 Å². The Hall–Kier alpha value is -1.63. The van der Waals surface area contributed by atoms with Crippen LogP contribution >= 0.6 is 7.14 Å². The monoisotopic (exact) mass is 326 g/mol. The average molecular weight is 326 g/mol. The van der Waals surface area contributed by atoms with Gasteiger partial charge in [-0.25, -0.2) is 0 Å². The fourth-order valence-electron chi connectivity index (χ4n) is 3.79. The Morgan fingerprint density at radius 2 is 1.39 bits per heavy atom. The van der Waals surface area contributed by atoms with Crippen molar-refractivity contribution >= 4 is 7.14 Å². The molecule has 120 valence electrons. The van der Waals surface area contributed by atoms with E-state index in [1.807, 2.05) is 36.4 Å². The zero-order chi connectivity index (χ0) is 16.3. The maximum Gasteiger partial charge on any atom is 0.125 e. The van der Waals surface area contributed by atoms with Crippen molar-refractivity contribution in [1.82, 2.24) is 0 Å². The van der Waals surface area contributed by atoms with E-state index in [0.29, 0.717) is 6.42 Å². The van der Waals surface area contributed by atoms with Gasteiger partial charge >= 0.3 is 0 Å². The number of benzene rings is 2. The first-order valence-electron chi connectivity index (χ1n) is 8.16. The fraction of sp³-hybridized carbons (Fsp3) is 0.300. The van der Waals surface area contributed by atoms with Crippen molar-refractivity contribution in [2.75, 3.05) is 6.61 Å². The minimum atomic E-state index is -2.70. The Labute approximate surface area is 138 Å². The summed E-state index contributed by atoms with van der Waals surface area (Å²) in [7, 11) is -2.70. The number of aliphatic hydroxyl groups excluding tert-OH is 1. The maximum absolute atomic E-state index is 14.2. The summed E-state index contributed by atoms with van der Waals surface area (Å²) in [5.74, 6) is 0. The second kappa shape index (κ2) is 6.86. The lowest BCUT2D eigenvalue weighted by atomic mass is 10.0. The van der Waals surface area contributed by atoms with Gasteiger partial charge in [-0.15, -0.1) is 0 Å². The lowest BCUT2D eigenvalue weighted by molar-refractivity contribution is 0.301. The molecule has 1 saturated heterocycles. The normalized spacial score (nSPS) is 22.8. The Morgan fingerprint density at radius 1 is 0.957 bits per heavy atom. The van der Waals surface area contributed by atoms with E-state index in [0.717, 1.165) is 29.3 Å². The molecule has 0 bridgehead atoms. The number of rotatable bonds is 5. The van der Waals surface area contributed by atoms with Gasteiger partial charge in [-0.3, -0.25) is 0 Å². The maximum atomic E-state index is 14.2.